The summed E-state index contributed by atoms with van der Waals surface area (Å²) in [6.45, 7) is 34.2. The van der Waals surface area contributed by atoms with Gasteiger partial charge in [0.1, 0.15) is 24.2 Å². The van der Waals surface area contributed by atoms with Gasteiger partial charge in [0, 0.05) is 12.8 Å². The summed E-state index contributed by atoms with van der Waals surface area (Å²) in [5, 5.41) is 0.0386. The molecule has 0 aromatic heterocycles. The van der Waals surface area contributed by atoms with Gasteiger partial charge in [0.2, 0.25) is 0 Å². The van der Waals surface area contributed by atoms with Gasteiger partial charge in [-0.15, -0.1) is 0 Å². The van der Waals surface area contributed by atoms with E-state index in [2.05, 4.69) is 143 Å². The molecule has 0 bridgehead atoms. The third-order valence-electron chi connectivity index (χ3n) is 14.7. The van der Waals surface area contributed by atoms with Gasteiger partial charge in [0.15, 0.2) is 16.6 Å². The Labute approximate surface area is 420 Å². The van der Waals surface area contributed by atoms with Crippen LogP contribution in [0.3, 0.4) is 0 Å². The number of ether oxygens (including phenoxy) is 7. The van der Waals surface area contributed by atoms with Crippen LogP contribution < -0.4 is 9.47 Å². The summed E-state index contributed by atoms with van der Waals surface area (Å²) in [5.74, 6) is 8.49. The van der Waals surface area contributed by atoms with E-state index in [0.717, 1.165) is 54.7 Å². The van der Waals surface area contributed by atoms with Crippen LogP contribution >= 0.6 is 0 Å². The molecule has 0 spiro atoms. The fourth-order valence-electron chi connectivity index (χ4n) is 8.35. The molecule has 9 atom stereocenters. The van der Waals surface area contributed by atoms with Crippen LogP contribution in [0.25, 0.3) is 0 Å². The molecule has 5 rings (SSSR count). The minimum absolute atomic E-state index is 0.00396. The first-order chi connectivity index (χ1) is 32.6. The fourth-order valence-corrected chi connectivity index (χ4v) is 10.9. The zero-order valence-electron chi connectivity index (χ0n) is 44.9. The molecule has 0 unspecified atom stereocenters. The Balaban J connectivity index is 1.24. The molecule has 0 N–H and O–H groups in total. The molecule has 1 saturated heterocycles. The van der Waals surface area contributed by atoms with Crippen LogP contribution in [-0.4, -0.2) is 92.9 Å². The zero-order chi connectivity index (χ0) is 50.4. The summed E-state index contributed by atoms with van der Waals surface area (Å²) < 4.78 is 57.5. The third-order valence-corrected chi connectivity index (χ3v) is 23.6. The van der Waals surface area contributed by atoms with Crippen molar-refractivity contribution in [3.05, 3.63) is 108 Å². The Bertz CT molecular complexity index is 2050. The summed E-state index contributed by atoms with van der Waals surface area (Å²) in [6.07, 6.45) is 16.0. The quantitative estimate of drug-likeness (QED) is 0.0317. The second-order valence-corrected chi connectivity index (χ2v) is 32.2. The van der Waals surface area contributed by atoms with Crippen LogP contribution in [0.5, 0.6) is 11.5 Å². The van der Waals surface area contributed by atoms with Crippen molar-refractivity contribution in [3.8, 4) is 23.3 Å². The molecule has 3 aliphatic heterocycles. The maximum atomic E-state index is 7.30. The van der Waals surface area contributed by atoms with E-state index in [0.29, 0.717) is 45.2 Å². The van der Waals surface area contributed by atoms with Gasteiger partial charge in [0.25, 0.3) is 0 Å². The SMILES string of the molecule is C=C(C[C@H](C)C[C@@H]1CC=C[C@@H](CC#CCOCc2ccc(OC)cc2)O1)C[C@H](O[Si](C)(C)C(C)(C)C)[C@@H]1O[C@H]1C[C@H](OCc1ccc(OC)cc1)[C@H](/C=C/[C@@H]1CC(C)=CCO1)O[Si](C)(C)C(C)(C)C. The van der Waals surface area contributed by atoms with E-state index in [-0.39, 0.29) is 58.9 Å². The molecule has 9 nitrogen and oxygen atoms in total. The summed E-state index contributed by atoms with van der Waals surface area (Å²) in [6, 6.07) is 16.0. The Hall–Kier alpha value is -3.29. The Morgan fingerprint density at radius 1 is 0.826 bits per heavy atom. The Morgan fingerprint density at radius 2 is 1.45 bits per heavy atom. The highest BCUT2D eigenvalue weighted by Gasteiger charge is 2.51. The second-order valence-electron chi connectivity index (χ2n) is 22.7. The standard InChI is InChI=1S/C58H88O9Si2/c1-42-32-34-62-50(36-42)30-31-52(66-68(12,13)57(4,5)6)53(63-41-46-24-28-48(60-11)29-25-46)39-54-56(65-54)55(67-69(14,15)58(7,8)9)38-44(3)35-43(2)37-51-21-18-20-49(64-51)19-16-17-33-61-40-45-22-26-47(59-10)27-23-45/h18,20,22-32,43,49-56H,3,19,21,33-41H2,1-2,4-15H3/b31-30+/t43-,49+,50+,51-,52-,53-,54-,55-,56+/m0/s1. The second kappa shape index (κ2) is 25.9. The zero-order valence-corrected chi connectivity index (χ0v) is 46.9. The van der Waals surface area contributed by atoms with E-state index >= 15 is 0 Å². The normalized spacial score (nSPS) is 22.8. The lowest BCUT2D eigenvalue weighted by atomic mass is 9.91. The number of benzene rings is 2. The molecule has 3 aliphatic rings. The first-order valence-corrected chi connectivity index (χ1v) is 31.2. The van der Waals surface area contributed by atoms with Crippen LogP contribution in [-0.2, 0) is 45.8 Å². The molecular weight excluding hydrogens is 897 g/mol. The van der Waals surface area contributed by atoms with Crippen molar-refractivity contribution in [1.82, 2.24) is 0 Å². The number of rotatable bonds is 25. The number of hydrogen-bond acceptors (Lipinski definition) is 9. The van der Waals surface area contributed by atoms with E-state index in [1.54, 1.807) is 14.2 Å². The molecule has 11 heteroatoms. The highest BCUT2D eigenvalue weighted by atomic mass is 28.4. The van der Waals surface area contributed by atoms with Crippen molar-refractivity contribution in [2.75, 3.05) is 27.4 Å². The van der Waals surface area contributed by atoms with Gasteiger partial charge < -0.3 is 42.0 Å². The van der Waals surface area contributed by atoms with E-state index in [1.165, 1.54) is 11.1 Å². The van der Waals surface area contributed by atoms with Gasteiger partial charge >= 0.3 is 0 Å². The first kappa shape index (κ1) is 56.6. The third kappa shape index (κ3) is 18.4. The highest BCUT2D eigenvalue weighted by molar-refractivity contribution is 6.74. The molecule has 3 heterocycles. The van der Waals surface area contributed by atoms with Gasteiger partial charge in [-0.05, 0) is 117 Å². The molecular formula is C58H88O9Si2. The molecule has 2 aromatic rings. The van der Waals surface area contributed by atoms with Crippen LogP contribution in [0.15, 0.2) is 96.6 Å². The van der Waals surface area contributed by atoms with Crippen molar-refractivity contribution in [3.63, 3.8) is 0 Å². The molecule has 0 amide bonds. The van der Waals surface area contributed by atoms with E-state index in [9.17, 15) is 0 Å². The summed E-state index contributed by atoms with van der Waals surface area (Å²) in [4.78, 5) is 0. The lowest BCUT2D eigenvalue weighted by molar-refractivity contribution is -0.0301. The lowest BCUT2D eigenvalue weighted by Gasteiger charge is -2.41. The van der Waals surface area contributed by atoms with Gasteiger partial charge in [-0.1, -0.05) is 133 Å². The largest absolute Gasteiger partial charge is 0.497 e. The van der Waals surface area contributed by atoms with Crippen molar-refractivity contribution >= 4 is 16.6 Å². The average molecular weight is 986 g/mol. The van der Waals surface area contributed by atoms with E-state index in [4.69, 9.17) is 42.0 Å². The van der Waals surface area contributed by atoms with Gasteiger partial charge in [0.05, 0.1) is 76.8 Å². The molecule has 382 valence electrons. The van der Waals surface area contributed by atoms with Crippen molar-refractivity contribution in [1.29, 1.82) is 0 Å². The molecule has 2 aromatic carbocycles. The number of methoxy groups -OCH3 is 2. The van der Waals surface area contributed by atoms with Gasteiger partial charge in [-0.3, -0.25) is 0 Å². The fraction of sp³-hybridized carbons (Fsp3) is 0.621. The monoisotopic (exact) mass is 985 g/mol. The molecule has 69 heavy (non-hydrogen) atoms. The molecule has 0 radical (unpaired) electrons. The summed E-state index contributed by atoms with van der Waals surface area (Å²) in [7, 11) is -1.08. The minimum atomic E-state index is -2.25. The Kier molecular flexibility index (Phi) is 21.3. The van der Waals surface area contributed by atoms with E-state index < -0.39 is 16.6 Å². The first-order valence-electron chi connectivity index (χ1n) is 25.4. The lowest BCUT2D eigenvalue weighted by Crippen LogP contribution is -2.47. The van der Waals surface area contributed by atoms with Gasteiger partial charge in [-0.25, -0.2) is 0 Å². The van der Waals surface area contributed by atoms with Crippen LogP contribution in [0.2, 0.25) is 36.3 Å². The van der Waals surface area contributed by atoms with Gasteiger partial charge in [-0.2, -0.15) is 0 Å². The smallest absolute Gasteiger partial charge is 0.193 e. The number of hydrogen-bond donors (Lipinski definition) is 0. The van der Waals surface area contributed by atoms with E-state index in [1.807, 2.05) is 36.4 Å². The maximum Gasteiger partial charge on any atom is 0.193 e. The van der Waals surface area contributed by atoms with Crippen molar-refractivity contribution < 1.29 is 42.0 Å². The van der Waals surface area contributed by atoms with Crippen LogP contribution in [0.4, 0.5) is 0 Å². The van der Waals surface area contributed by atoms with Crippen molar-refractivity contribution in [2.45, 2.75) is 199 Å². The number of epoxide rings is 1. The maximum absolute atomic E-state index is 7.30. The topological polar surface area (TPSA) is 86.4 Å². The highest BCUT2D eigenvalue weighted by Crippen LogP contribution is 2.44. The summed E-state index contributed by atoms with van der Waals surface area (Å²) >= 11 is 0. The predicted octanol–water partition coefficient (Wildman–Crippen LogP) is 13.5. The summed E-state index contributed by atoms with van der Waals surface area (Å²) in [5.41, 5.74) is 4.70. The average Bonchev–Trinajstić information content (AvgIpc) is 4.06. The molecule has 1 fully saturated rings. The van der Waals surface area contributed by atoms with Crippen LogP contribution in [0.1, 0.15) is 111 Å². The predicted molar refractivity (Wildman–Crippen MR) is 286 cm³/mol. The minimum Gasteiger partial charge on any atom is -0.497 e. The molecule has 0 aliphatic carbocycles. The van der Waals surface area contributed by atoms with Crippen LogP contribution in [0, 0.1) is 17.8 Å². The molecule has 0 saturated carbocycles. The van der Waals surface area contributed by atoms with Crippen molar-refractivity contribution in [2.24, 2.45) is 5.92 Å². The Morgan fingerprint density at radius 3 is 2.06 bits per heavy atom.